The van der Waals surface area contributed by atoms with E-state index in [2.05, 4.69) is 16.9 Å². The molecule has 3 N–H and O–H groups in total. The fraction of sp³-hybridized carbons (Fsp3) is 0.769. The Morgan fingerprint density at radius 1 is 1.72 bits per heavy atom. The second-order valence-electron chi connectivity index (χ2n) is 4.80. The molecule has 2 aliphatic rings. The van der Waals surface area contributed by atoms with Gasteiger partial charge in [0.2, 0.25) is 0 Å². The lowest BCUT2D eigenvalue weighted by atomic mass is 9.70. The standard InChI is InChI=1S/C13H23N3O2/c1-3-7-15-12(14)16-10-9-11(17-4-2)13(10)6-5-8-18-13/h3,10-11H,1,4-9H2,2H3,(H3,14,15,16). The number of nitrogens with zero attached hydrogens (tertiary/aromatic N) is 1. The number of hydrogen-bond donors (Lipinski definition) is 2. The van der Waals surface area contributed by atoms with Crippen LogP contribution in [0.15, 0.2) is 17.6 Å². The van der Waals surface area contributed by atoms with E-state index in [1.165, 1.54) is 0 Å². The summed E-state index contributed by atoms with van der Waals surface area (Å²) in [7, 11) is 0. The molecule has 0 amide bonds. The van der Waals surface area contributed by atoms with E-state index in [0.717, 1.165) is 32.5 Å². The zero-order chi connectivity index (χ0) is 13.0. The molecule has 1 aliphatic carbocycles. The highest BCUT2D eigenvalue weighted by atomic mass is 16.6. The lowest BCUT2D eigenvalue weighted by molar-refractivity contribution is -0.194. The molecule has 3 unspecified atom stereocenters. The van der Waals surface area contributed by atoms with E-state index in [4.69, 9.17) is 15.2 Å². The summed E-state index contributed by atoms with van der Waals surface area (Å²) < 4.78 is 11.7. The lowest BCUT2D eigenvalue weighted by Crippen LogP contribution is -2.70. The van der Waals surface area contributed by atoms with Gasteiger partial charge >= 0.3 is 0 Å². The summed E-state index contributed by atoms with van der Waals surface area (Å²) in [5, 5.41) is 3.25. The fourth-order valence-electron chi connectivity index (χ4n) is 2.87. The molecule has 3 atom stereocenters. The summed E-state index contributed by atoms with van der Waals surface area (Å²) in [6.45, 7) is 7.71. The second-order valence-corrected chi connectivity index (χ2v) is 4.80. The van der Waals surface area contributed by atoms with Gasteiger partial charge in [-0.25, -0.2) is 4.99 Å². The van der Waals surface area contributed by atoms with Crippen LogP contribution >= 0.6 is 0 Å². The van der Waals surface area contributed by atoms with E-state index < -0.39 is 0 Å². The Kier molecular flexibility index (Phi) is 4.24. The smallest absolute Gasteiger partial charge is 0.189 e. The van der Waals surface area contributed by atoms with Crippen LogP contribution in [0.2, 0.25) is 0 Å². The molecular weight excluding hydrogens is 230 g/mol. The summed E-state index contributed by atoms with van der Waals surface area (Å²) in [5.41, 5.74) is 5.65. The van der Waals surface area contributed by atoms with Crippen molar-refractivity contribution in [3.8, 4) is 0 Å². The molecule has 102 valence electrons. The monoisotopic (exact) mass is 253 g/mol. The van der Waals surface area contributed by atoms with Crippen molar-refractivity contribution in [3.05, 3.63) is 12.7 Å². The Balaban J connectivity index is 1.95. The van der Waals surface area contributed by atoms with Crippen molar-refractivity contribution >= 4 is 5.96 Å². The molecule has 1 spiro atoms. The normalized spacial score (nSPS) is 35.5. The third-order valence-corrected chi connectivity index (χ3v) is 3.75. The van der Waals surface area contributed by atoms with Crippen molar-refractivity contribution in [1.29, 1.82) is 0 Å². The van der Waals surface area contributed by atoms with Crippen LogP contribution in [-0.4, -0.2) is 43.5 Å². The van der Waals surface area contributed by atoms with Gasteiger partial charge in [0.15, 0.2) is 5.96 Å². The van der Waals surface area contributed by atoms with Gasteiger partial charge in [-0.1, -0.05) is 6.08 Å². The number of guanidine groups is 1. The number of ether oxygens (including phenoxy) is 2. The van der Waals surface area contributed by atoms with E-state index in [-0.39, 0.29) is 17.7 Å². The Bertz CT molecular complexity index is 324. The van der Waals surface area contributed by atoms with Crippen molar-refractivity contribution in [2.75, 3.05) is 19.8 Å². The Hall–Kier alpha value is -1.07. The molecule has 0 aromatic heterocycles. The van der Waals surface area contributed by atoms with Crippen LogP contribution in [-0.2, 0) is 9.47 Å². The highest BCUT2D eigenvalue weighted by Gasteiger charge is 2.58. The highest BCUT2D eigenvalue weighted by Crippen LogP contribution is 2.45. The largest absolute Gasteiger partial charge is 0.375 e. The molecule has 0 bridgehead atoms. The summed E-state index contributed by atoms with van der Waals surface area (Å²) in [4.78, 5) is 4.16. The first-order valence-corrected chi connectivity index (χ1v) is 6.66. The fourth-order valence-corrected chi connectivity index (χ4v) is 2.87. The molecule has 5 heteroatoms. The Labute approximate surface area is 108 Å². The van der Waals surface area contributed by atoms with E-state index >= 15 is 0 Å². The van der Waals surface area contributed by atoms with E-state index in [9.17, 15) is 0 Å². The maximum atomic E-state index is 5.94. The Morgan fingerprint density at radius 2 is 2.56 bits per heavy atom. The summed E-state index contributed by atoms with van der Waals surface area (Å²) in [6, 6.07) is 0.213. The SMILES string of the molecule is C=CCN=C(N)NC1CC(OCC)C12CCCO2. The van der Waals surface area contributed by atoms with Gasteiger partial charge in [0.25, 0.3) is 0 Å². The molecule has 2 rings (SSSR count). The van der Waals surface area contributed by atoms with Crippen molar-refractivity contribution in [2.45, 2.75) is 43.9 Å². The van der Waals surface area contributed by atoms with Crippen LogP contribution in [0, 0.1) is 0 Å². The van der Waals surface area contributed by atoms with Crippen LogP contribution < -0.4 is 11.1 Å². The second kappa shape index (κ2) is 5.71. The number of nitrogens with two attached hydrogens (primary N) is 1. The molecule has 1 saturated carbocycles. The van der Waals surface area contributed by atoms with Crippen LogP contribution in [0.25, 0.3) is 0 Å². The van der Waals surface area contributed by atoms with Crippen molar-refractivity contribution in [3.63, 3.8) is 0 Å². The summed E-state index contributed by atoms with van der Waals surface area (Å²) >= 11 is 0. The predicted molar refractivity (Wildman–Crippen MR) is 71.6 cm³/mol. The zero-order valence-electron chi connectivity index (χ0n) is 11.0. The molecule has 1 heterocycles. The van der Waals surface area contributed by atoms with Crippen molar-refractivity contribution < 1.29 is 9.47 Å². The minimum absolute atomic E-state index is 0.190. The van der Waals surface area contributed by atoms with Gasteiger partial charge < -0.3 is 20.5 Å². The van der Waals surface area contributed by atoms with Gasteiger partial charge in [-0.05, 0) is 26.2 Å². The van der Waals surface area contributed by atoms with Crippen molar-refractivity contribution in [2.24, 2.45) is 10.7 Å². The lowest BCUT2D eigenvalue weighted by Gasteiger charge is -2.52. The highest BCUT2D eigenvalue weighted by molar-refractivity contribution is 5.78. The van der Waals surface area contributed by atoms with Crippen LogP contribution in [0.5, 0.6) is 0 Å². The van der Waals surface area contributed by atoms with Gasteiger partial charge in [0, 0.05) is 13.2 Å². The molecule has 0 aromatic rings. The molecule has 0 radical (unpaired) electrons. The number of hydrogen-bond acceptors (Lipinski definition) is 3. The van der Waals surface area contributed by atoms with Crippen LogP contribution in [0.4, 0.5) is 0 Å². The first kappa shape index (κ1) is 13.4. The minimum Gasteiger partial charge on any atom is -0.375 e. The van der Waals surface area contributed by atoms with Gasteiger partial charge in [-0.2, -0.15) is 0 Å². The Morgan fingerprint density at radius 3 is 3.17 bits per heavy atom. The molecule has 1 aliphatic heterocycles. The average Bonchev–Trinajstić information content (AvgIpc) is 2.87. The van der Waals surface area contributed by atoms with Gasteiger partial charge in [0.05, 0.1) is 18.7 Å². The molecule has 1 saturated heterocycles. The van der Waals surface area contributed by atoms with Crippen LogP contribution in [0.3, 0.4) is 0 Å². The maximum absolute atomic E-state index is 5.94. The average molecular weight is 253 g/mol. The van der Waals surface area contributed by atoms with Gasteiger partial charge in [-0.15, -0.1) is 6.58 Å². The molecule has 0 aromatic carbocycles. The van der Waals surface area contributed by atoms with E-state index in [0.29, 0.717) is 12.5 Å². The number of rotatable bonds is 5. The maximum Gasteiger partial charge on any atom is 0.189 e. The van der Waals surface area contributed by atoms with Gasteiger partial charge in [0.1, 0.15) is 5.60 Å². The molecular formula is C13H23N3O2. The first-order valence-electron chi connectivity index (χ1n) is 6.66. The number of aliphatic imine (C=N–C) groups is 1. The quantitative estimate of drug-likeness (QED) is 0.432. The third kappa shape index (κ3) is 2.37. The molecule has 2 fully saturated rings. The van der Waals surface area contributed by atoms with Gasteiger partial charge in [-0.3, -0.25) is 0 Å². The zero-order valence-corrected chi connectivity index (χ0v) is 11.0. The number of nitrogens with one attached hydrogen (secondary N) is 1. The third-order valence-electron chi connectivity index (χ3n) is 3.75. The molecule has 5 nitrogen and oxygen atoms in total. The predicted octanol–water partition coefficient (Wildman–Crippen LogP) is 0.803. The van der Waals surface area contributed by atoms with E-state index in [1.54, 1.807) is 6.08 Å². The summed E-state index contributed by atoms with van der Waals surface area (Å²) in [5.74, 6) is 0.463. The minimum atomic E-state index is -0.190. The molecule has 18 heavy (non-hydrogen) atoms. The van der Waals surface area contributed by atoms with E-state index in [1.807, 2.05) is 6.92 Å². The summed E-state index contributed by atoms with van der Waals surface area (Å²) in [6.07, 6.45) is 4.96. The first-order chi connectivity index (χ1) is 8.73. The topological polar surface area (TPSA) is 68.9 Å². The van der Waals surface area contributed by atoms with Crippen LogP contribution in [0.1, 0.15) is 26.2 Å². The van der Waals surface area contributed by atoms with Crippen molar-refractivity contribution in [1.82, 2.24) is 5.32 Å².